The van der Waals surface area contributed by atoms with Crippen LogP contribution in [-0.4, -0.2) is 63.8 Å². The average molecular weight is 390 g/mol. The Hall–Kier alpha value is -1.91. The van der Waals surface area contributed by atoms with Crippen molar-refractivity contribution < 1.29 is 32.2 Å². The highest BCUT2D eigenvalue weighted by Gasteiger charge is 2.37. The van der Waals surface area contributed by atoms with Crippen molar-refractivity contribution in [3.05, 3.63) is 17.9 Å². The topological polar surface area (TPSA) is 105 Å². The number of ether oxygens (including phenoxy) is 2. The van der Waals surface area contributed by atoms with Gasteiger partial charge in [0.25, 0.3) is 0 Å². The van der Waals surface area contributed by atoms with Crippen molar-refractivity contribution >= 4 is 16.0 Å². The Morgan fingerprint density at radius 1 is 1.31 bits per heavy atom. The molecular weight excluding hydrogens is 367 g/mol. The Morgan fingerprint density at radius 2 is 1.88 bits per heavy atom. The van der Waals surface area contributed by atoms with Gasteiger partial charge in [0.1, 0.15) is 10.7 Å². The van der Waals surface area contributed by atoms with E-state index in [0.29, 0.717) is 19.4 Å². The number of methoxy groups -OCH3 is 2. The third-order valence-electron chi connectivity index (χ3n) is 4.42. The molecule has 0 bridgehead atoms. The molecule has 10 heteroatoms. The van der Waals surface area contributed by atoms with Gasteiger partial charge in [-0.25, -0.2) is 17.5 Å². The molecular formula is C16H23FN2O6S. The summed E-state index contributed by atoms with van der Waals surface area (Å²) in [7, 11) is -1.42. The van der Waals surface area contributed by atoms with Crippen LogP contribution in [0, 0.1) is 5.82 Å². The first-order valence-corrected chi connectivity index (χ1v) is 9.59. The molecule has 1 fully saturated rings. The first-order valence-electron chi connectivity index (χ1n) is 8.11. The van der Waals surface area contributed by atoms with Gasteiger partial charge < -0.3 is 14.6 Å². The smallest absolute Gasteiger partial charge is 0.317 e. The SMILES string of the molecule is CCN(CC(=O)O)C1CC(NS(=O)(=O)c2cc(OC)c(OC)cc2F)C1. The molecule has 0 amide bonds. The molecule has 0 saturated heterocycles. The summed E-state index contributed by atoms with van der Waals surface area (Å²) in [6, 6.07) is 1.65. The number of hydrogen-bond acceptors (Lipinski definition) is 6. The van der Waals surface area contributed by atoms with Gasteiger partial charge >= 0.3 is 5.97 Å². The summed E-state index contributed by atoms with van der Waals surface area (Å²) in [4.78, 5) is 12.1. The summed E-state index contributed by atoms with van der Waals surface area (Å²) in [6.07, 6.45) is 0.935. The molecule has 2 N–H and O–H groups in total. The zero-order chi connectivity index (χ0) is 19.5. The molecule has 1 aromatic rings. The molecule has 1 aliphatic rings. The number of carboxylic acid groups (broad SMARTS) is 1. The highest BCUT2D eigenvalue weighted by Crippen LogP contribution is 2.33. The maximum atomic E-state index is 14.2. The van der Waals surface area contributed by atoms with E-state index in [1.807, 2.05) is 6.92 Å². The minimum absolute atomic E-state index is 0.0148. The van der Waals surface area contributed by atoms with Gasteiger partial charge in [-0.3, -0.25) is 9.69 Å². The maximum Gasteiger partial charge on any atom is 0.317 e. The lowest BCUT2D eigenvalue weighted by Gasteiger charge is -2.42. The molecule has 0 atom stereocenters. The van der Waals surface area contributed by atoms with Gasteiger partial charge in [-0.1, -0.05) is 6.92 Å². The van der Waals surface area contributed by atoms with Gasteiger partial charge in [0, 0.05) is 24.2 Å². The molecule has 2 rings (SSSR count). The predicted octanol–water partition coefficient (Wildman–Crippen LogP) is 1.06. The fourth-order valence-corrected chi connectivity index (χ4v) is 4.32. The van der Waals surface area contributed by atoms with E-state index in [0.717, 1.165) is 12.1 Å². The van der Waals surface area contributed by atoms with Gasteiger partial charge in [0.05, 0.1) is 20.8 Å². The molecule has 1 aliphatic carbocycles. The minimum atomic E-state index is -4.08. The summed E-state index contributed by atoms with van der Waals surface area (Å²) in [6.45, 7) is 2.31. The van der Waals surface area contributed by atoms with Crippen molar-refractivity contribution in [2.24, 2.45) is 0 Å². The second kappa shape index (κ2) is 8.19. The standard InChI is InChI=1S/C16H23FN2O6S/c1-4-19(9-16(20)21)11-5-10(6-11)18-26(22,23)15-8-14(25-3)13(24-2)7-12(15)17/h7-8,10-11,18H,4-6,9H2,1-3H3,(H,20,21). The molecule has 146 valence electrons. The van der Waals surface area contributed by atoms with Crippen molar-refractivity contribution in [2.45, 2.75) is 36.7 Å². The first-order chi connectivity index (χ1) is 12.2. The van der Waals surface area contributed by atoms with Crippen molar-refractivity contribution in [3.63, 3.8) is 0 Å². The van der Waals surface area contributed by atoms with Crippen LogP contribution in [0.15, 0.2) is 17.0 Å². The predicted molar refractivity (Wildman–Crippen MR) is 91.5 cm³/mol. The lowest BCUT2D eigenvalue weighted by Crippen LogP contribution is -2.54. The molecule has 0 aromatic heterocycles. The van der Waals surface area contributed by atoms with Crippen molar-refractivity contribution in [3.8, 4) is 11.5 Å². The van der Waals surface area contributed by atoms with Crippen molar-refractivity contribution in [1.82, 2.24) is 9.62 Å². The van der Waals surface area contributed by atoms with Crippen LogP contribution < -0.4 is 14.2 Å². The lowest BCUT2D eigenvalue weighted by molar-refractivity contribution is -0.139. The van der Waals surface area contributed by atoms with Crippen LogP contribution in [0.1, 0.15) is 19.8 Å². The van der Waals surface area contributed by atoms with Crippen LogP contribution in [-0.2, 0) is 14.8 Å². The number of aliphatic carboxylic acids is 1. The Balaban J connectivity index is 2.08. The van der Waals surface area contributed by atoms with Crippen LogP contribution in [0.4, 0.5) is 4.39 Å². The third kappa shape index (κ3) is 4.43. The maximum absolute atomic E-state index is 14.2. The summed E-state index contributed by atoms with van der Waals surface area (Å²) in [5.74, 6) is -1.66. The van der Waals surface area contributed by atoms with Crippen molar-refractivity contribution in [1.29, 1.82) is 0 Å². The fraction of sp³-hybridized carbons (Fsp3) is 0.562. The zero-order valence-electron chi connectivity index (χ0n) is 14.9. The summed E-state index contributed by atoms with van der Waals surface area (Å²) in [5.41, 5.74) is 0. The third-order valence-corrected chi connectivity index (χ3v) is 5.96. The normalized spacial score (nSPS) is 19.9. The fourth-order valence-electron chi connectivity index (χ4n) is 2.98. The molecule has 0 aliphatic heterocycles. The summed E-state index contributed by atoms with van der Waals surface area (Å²) < 4.78 is 51.6. The van der Waals surface area contributed by atoms with Crippen LogP contribution >= 0.6 is 0 Å². The highest BCUT2D eigenvalue weighted by atomic mass is 32.2. The Kier molecular flexibility index (Phi) is 6.43. The van der Waals surface area contributed by atoms with E-state index in [-0.39, 0.29) is 30.1 Å². The van der Waals surface area contributed by atoms with E-state index in [4.69, 9.17) is 14.6 Å². The Labute approximate surface area is 151 Å². The average Bonchev–Trinajstić information content (AvgIpc) is 2.55. The second-order valence-electron chi connectivity index (χ2n) is 6.04. The van der Waals surface area contributed by atoms with E-state index in [1.54, 1.807) is 4.90 Å². The largest absolute Gasteiger partial charge is 0.493 e. The number of benzene rings is 1. The van der Waals surface area contributed by atoms with E-state index in [1.165, 1.54) is 14.2 Å². The Bertz CT molecular complexity index is 764. The number of sulfonamides is 1. The number of carboxylic acids is 1. The van der Waals surface area contributed by atoms with Crippen LogP contribution in [0.5, 0.6) is 11.5 Å². The molecule has 1 aromatic carbocycles. The van der Waals surface area contributed by atoms with E-state index >= 15 is 0 Å². The molecule has 1 saturated carbocycles. The van der Waals surface area contributed by atoms with E-state index in [2.05, 4.69) is 4.72 Å². The van der Waals surface area contributed by atoms with Gasteiger partial charge in [-0.15, -0.1) is 0 Å². The number of carbonyl (C=O) groups is 1. The molecule has 0 heterocycles. The molecule has 8 nitrogen and oxygen atoms in total. The zero-order valence-corrected chi connectivity index (χ0v) is 15.7. The van der Waals surface area contributed by atoms with E-state index < -0.39 is 26.7 Å². The van der Waals surface area contributed by atoms with Crippen LogP contribution in [0.3, 0.4) is 0 Å². The minimum Gasteiger partial charge on any atom is -0.493 e. The second-order valence-corrected chi connectivity index (χ2v) is 7.72. The number of nitrogens with zero attached hydrogens (tertiary/aromatic N) is 1. The monoisotopic (exact) mass is 390 g/mol. The van der Waals surface area contributed by atoms with Gasteiger partial charge in [0.15, 0.2) is 11.5 Å². The van der Waals surface area contributed by atoms with Gasteiger partial charge in [0.2, 0.25) is 10.0 Å². The van der Waals surface area contributed by atoms with Crippen LogP contribution in [0.25, 0.3) is 0 Å². The van der Waals surface area contributed by atoms with E-state index in [9.17, 15) is 17.6 Å². The summed E-state index contributed by atoms with van der Waals surface area (Å²) >= 11 is 0. The quantitative estimate of drug-likeness (QED) is 0.649. The van der Waals surface area contributed by atoms with Gasteiger partial charge in [-0.2, -0.15) is 0 Å². The number of rotatable bonds is 9. The van der Waals surface area contributed by atoms with Crippen LogP contribution in [0.2, 0.25) is 0 Å². The van der Waals surface area contributed by atoms with Crippen molar-refractivity contribution in [2.75, 3.05) is 27.3 Å². The number of nitrogens with one attached hydrogen (secondary N) is 1. The number of likely N-dealkylation sites (N-methyl/N-ethyl adjacent to an activating group) is 1. The lowest BCUT2D eigenvalue weighted by atomic mass is 9.86. The molecule has 0 spiro atoms. The molecule has 0 unspecified atom stereocenters. The highest BCUT2D eigenvalue weighted by molar-refractivity contribution is 7.89. The number of halogens is 1. The molecule has 0 radical (unpaired) electrons. The summed E-state index contributed by atoms with van der Waals surface area (Å²) in [5, 5.41) is 8.89. The Morgan fingerprint density at radius 3 is 2.38 bits per heavy atom. The first kappa shape index (κ1) is 20.4. The molecule has 26 heavy (non-hydrogen) atoms. The van der Waals surface area contributed by atoms with Gasteiger partial charge in [-0.05, 0) is 19.4 Å². The number of hydrogen-bond donors (Lipinski definition) is 2.